The molecule has 1 aliphatic heterocycles. The standard InChI is InChI=1S/C20H27N3O2/c1-15-20-21-11-18(14-25-13-16-7-8-16)23(20)10-9-22(15)12-17-5-3-4-6-19(17)24-2/h3-6,11,15-16H,7-10,12-14H2,1-2H3. The van der Waals surface area contributed by atoms with E-state index in [-0.39, 0.29) is 6.04 Å². The number of hydrogen-bond acceptors (Lipinski definition) is 4. The van der Waals surface area contributed by atoms with Crippen molar-refractivity contribution in [2.24, 2.45) is 5.92 Å². The maximum atomic E-state index is 5.87. The summed E-state index contributed by atoms with van der Waals surface area (Å²) in [5.74, 6) is 2.91. The number of hydrogen-bond donors (Lipinski definition) is 0. The van der Waals surface area contributed by atoms with Crippen molar-refractivity contribution >= 4 is 0 Å². The molecule has 1 aliphatic carbocycles. The van der Waals surface area contributed by atoms with Crippen LogP contribution < -0.4 is 4.74 Å². The number of fused-ring (bicyclic) bond motifs is 1. The summed E-state index contributed by atoms with van der Waals surface area (Å²) in [5, 5.41) is 0. The summed E-state index contributed by atoms with van der Waals surface area (Å²) >= 11 is 0. The second-order valence-electron chi connectivity index (χ2n) is 7.18. The van der Waals surface area contributed by atoms with E-state index in [1.54, 1.807) is 7.11 Å². The minimum atomic E-state index is 0.288. The van der Waals surface area contributed by atoms with Crippen LogP contribution in [0.3, 0.4) is 0 Å². The molecule has 1 saturated carbocycles. The maximum absolute atomic E-state index is 5.87. The summed E-state index contributed by atoms with van der Waals surface area (Å²) in [6.45, 7) is 6.68. The first-order chi connectivity index (χ1) is 12.3. The lowest BCUT2D eigenvalue weighted by Gasteiger charge is -2.34. The van der Waals surface area contributed by atoms with Crippen LogP contribution in [-0.4, -0.2) is 34.7 Å². The van der Waals surface area contributed by atoms with Crippen LogP contribution in [0.15, 0.2) is 30.5 Å². The Hall–Kier alpha value is -1.85. The largest absolute Gasteiger partial charge is 0.496 e. The molecule has 2 aliphatic rings. The molecule has 1 unspecified atom stereocenters. The lowest BCUT2D eigenvalue weighted by molar-refractivity contribution is 0.101. The number of aromatic nitrogens is 2. The van der Waals surface area contributed by atoms with Crippen LogP contribution in [0.1, 0.15) is 42.9 Å². The van der Waals surface area contributed by atoms with E-state index in [9.17, 15) is 0 Å². The first-order valence-corrected chi connectivity index (χ1v) is 9.24. The SMILES string of the molecule is COc1ccccc1CN1CCn2c(COCC3CC3)cnc2C1C. The van der Waals surface area contributed by atoms with Crippen molar-refractivity contribution in [2.45, 2.75) is 45.5 Å². The maximum Gasteiger partial charge on any atom is 0.126 e. The average molecular weight is 341 g/mol. The topological polar surface area (TPSA) is 39.5 Å². The van der Waals surface area contributed by atoms with E-state index in [2.05, 4.69) is 28.5 Å². The number of para-hydroxylation sites is 1. The van der Waals surface area contributed by atoms with Gasteiger partial charge in [0.05, 0.1) is 31.6 Å². The van der Waals surface area contributed by atoms with Crippen LogP contribution >= 0.6 is 0 Å². The van der Waals surface area contributed by atoms with Gasteiger partial charge in [0.15, 0.2) is 0 Å². The third kappa shape index (κ3) is 3.58. The van der Waals surface area contributed by atoms with Gasteiger partial charge in [-0.25, -0.2) is 4.98 Å². The molecule has 1 fully saturated rings. The molecule has 25 heavy (non-hydrogen) atoms. The molecule has 1 atom stereocenters. The highest BCUT2D eigenvalue weighted by Gasteiger charge is 2.28. The number of rotatable bonds is 7. The van der Waals surface area contributed by atoms with Crippen molar-refractivity contribution in [2.75, 3.05) is 20.3 Å². The molecule has 2 heterocycles. The molecular weight excluding hydrogens is 314 g/mol. The van der Waals surface area contributed by atoms with Crippen molar-refractivity contribution in [1.29, 1.82) is 0 Å². The van der Waals surface area contributed by atoms with Crippen LogP contribution in [-0.2, 0) is 24.4 Å². The molecule has 1 aromatic carbocycles. The summed E-state index contributed by atoms with van der Waals surface area (Å²) in [6.07, 6.45) is 4.66. The first kappa shape index (κ1) is 16.6. The molecule has 2 aromatic rings. The van der Waals surface area contributed by atoms with Crippen molar-refractivity contribution < 1.29 is 9.47 Å². The van der Waals surface area contributed by atoms with E-state index < -0.39 is 0 Å². The molecule has 0 N–H and O–H groups in total. The molecule has 5 nitrogen and oxygen atoms in total. The lowest BCUT2D eigenvalue weighted by atomic mass is 10.1. The van der Waals surface area contributed by atoms with E-state index in [1.807, 2.05) is 18.3 Å². The zero-order chi connectivity index (χ0) is 17.2. The highest BCUT2D eigenvalue weighted by Crippen LogP contribution is 2.31. The smallest absolute Gasteiger partial charge is 0.126 e. The minimum Gasteiger partial charge on any atom is -0.496 e. The van der Waals surface area contributed by atoms with E-state index in [4.69, 9.17) is 14.5 Å². The summed E-state index contributed by atoms with van der Waals surface area (Å²) in [4.78, 5) is 7.16. The highest BCUT2D eigenvalue weighted by molar-refractivity contribution is 5.33. The van der Waals surface area contributed by atoms with Crippen molar-refractivity contribution in [3.8, 4) is 5.75 Å². The zero-order valence-electron chi connectivity index (χ0n) is 15.1. The third-order valence-corrected chi connectivity index (χ3v) is 5.37. The Labute approximate surface area is 149 Å². The quantitative estimate of drug-likeness (QED) is 0.774. The summed E-state index contributed by atoms with van der Waals surface area (Å²) in [6, 6.07) is 8.55. The third-order valence-electron chi connectivity index (χ3n) is 5.37. The van der Waals surface area contributed by atoms with Gasteiger partial charge in [-0.1, -0.05) is 18.2 Å². The number of ether oxygens (including phenoxy) is 2. The van der Waals surface area contributed by atoms with Gasteiger partial charge in [-0.15, -0.1) is 0 Å². The molecule has 0 amide bonds. The van der Waals surface area contributed by atoms with Gasteiger partial charge in [0.1, 0.15) is 11.6 Å². The molecular formula is C20H27N3O2. The predicted molar refractivity (Wildman–Crippen MR) is 96.4 cm³/mol. The second-order valence-corrected chi connectivity index (χ2v) is 7.18. The van der Waals surface area contributed by atoms with Crippen LogP contribution in [0.5, 0.6) is 5.75 Å². The van der Waals surface area contributed by atoms with Gasteiger partial charge in [-0.05, 0) is 31.7 Å². The Morgan fingerprint density at radius 3 is 2.84 bits per heavy atom. The molecule has 1 aromatic heterocycles. The summed E-state index contributed by atoms with van der Waals surface area (Å²) in [5.41, 5.74) is 2.43. The molecule has 134 valence electrons. The molecule has 0 bridgehead atoms. The Kier molecular flexibility index (Phi) is 4.77. The van der Waals surface area contributed by atoms with Crippen molar-refractivity contribution in [1.82, 2.24) is 14.5 Å². The Morgan fingerprint density at radius 1 is 1.20 bits per heavy atom. The summed E-state index contributed by atoms with van der Waals surface area (Å²) in [7, 11) is 1.74. The summed E-state index contributed by atoms with van der Waals surface area (Å²) < 4.78 is 13.7. The molecule has 4 rings (SSSR count). The average Bonchev–Trinajstić information content (AvgIpc) is 3.37. The van der Waals surface area contributed by atoms with Gasteiger partial charge in [0, 0.05) is 31.8 Å². The van der Waals surface area contributed by atoms with Crippen molar-refractivity contribution in [3.63, 3.8) is 0 Å². The van der Waals surface area contributed by atoms with E-state index in [0.717, 1.165) is 43.7 Å². The second kappa shape index (κ2) is 7.18. The van der Waals surface area contributed by atoms with Gasteiger partial charge >= 0.3 is 0 Å². The van der Waals surface area contributed by atoms with E-state index >= 15 is 0 Å². The predicted octanol–water partition coefficient (Wildman–Crippen LogP) is 3.40. The minimum absolute atomic E-state index is 0.288. The fraction of sp³-hybridized carbons (Fsp3) is 0.550. The Bertz CT molecular complexity index is 723. The Balaban J connectivity index is 1.44. The molecule has 0 radical (unpaired) electrons. The van der Waals surface area contributed by atoms with Crippen LogP contribution in [0.25, 0.3) is 0 Å². The highest BCUT2D eigenvalue weighted by atomic mass is 16.5. The van der Waals surface area contributed by atoms with Gasteiger partial charge in [-0.2, -0.15) is 0 Å². The van der Waals surface area contributed by atoms with Crippen LogP contribution in [0, 0.1) is 5.92 Å². The van der Waals surface area contributed by atoms with Crippen LogP contribution in [0.4, 0.5) is 0 Å². The number of nitrogens with zero attached hydrogens (tertiary/aromatic N) is 3. The molecule has 0 saturated heterocycles. The van der Waals surface area contributed by atoms with Gasteiger partial charge < -0.3 is 14.0 Å². The monoisotopic (exact) mass is 341 g/mol. The fourth-order valence-corrected chi connectivity index (χ4v) is 3.60. The normalized spacial score (nSPS) is 20.5. The van der Waals surface area contributed by atoms with E-state index in [1.165, 1.54) is 24.1 Å². The fourth-order valence-electron chi connectivity index (χ4n) is 3.60. The van der Waals surface area contributed by atoms with Gasteiger partial charge in [-0.3, -0.25) is 4.90 Å². The number of benzene rings is 1. The van der Waals surface area contributed by atoms with Crippen LogP contribution in [0.2, 0.25) is 0 Å². The Morgan fingerprint density at radius 2 is 2.04 bits per heavy atom. The van der Waals surface area contributed by atoms with E-state index in [0.29, 0.717) is 6.61 Å². The first-order valence-electron chi connectivity index (χ1n) is 9.24. The number of methoxy groups -OCH3 is 1. The van der Waals surface area contributed by atoms with Gasteiger partial charge in [0.25, 0.3) is 0 Å². The lowest BCUT2D eigenvalue weighted by Crippen LogP contribution is -2.37. The molecule has 5 heteroatoms. The zero-order valence-corrected chi connectivity index (χ0v) is 15.1. The number of imidazole rings is 1. The molecule has 0 spiro atoms. The van der Waals surface area contributed by atoms with Gasteiger partial charge in [0.2, 0.25) is 0 Å². The van der Waals surface area contributed by atoms with Crippen molar-refractivity contribution in [3.05, 3.63) is 47.5 Å².